The summed E-state index contributed by atoms with van der Waals surface area (Å²) >= 11 is 1.64. The van der Waals surface area contributed by atoms with Gasteiger partial charge in [0.25, 0.3) is 0 Å². The van der Waals surface area contributed by atoms with Gasteiger partial charge in [0.05, 0.1) is 5.92 Å². The van der Waals surface area contributed by atoms with Gasteiger partial charge in [-0.15, -0.1) is 0 Å². The summed E-state index contributed by atoms with van der Waals surface area (Å²) in [5.74, 6) is 1.87. The summed E-state index contributed by atoms with van der Waals surface area (Å²) < 4.78 is 5.28. The molecule has 1 saturated heterocycles. The van der Waals surface area contributed by atoms with E-state index in [4.69, 9.17) is 4.52 Å². The smallest absolute Gasteiger partial charge is 0.231 e. The van der Waals surface area contributed by atoms with E-state index < -0.39 is 0 Å². The molecule has 0 spiro atoms. The first-order valence-corrected chi connectivity index (χ1v) is 5.94. The normalized spacial score (nSPS) is 20.9. The van der Waals surface area contributed by atoms with Crippen molar-refractivity contribution in [1.29, 1.82) is 0 Å². The second-order valence-corrected chi connectivity index (χ2v) is 4.44. The highest BCUT2D eigenvalue weighted by Gasteiger charge is 2.22. The Kier molecular flexibility index (Phi) is 2.26. The van der Waals surface area contributed by atoms with Gasteiger partial charge in [-0.25, -0.2) is 0 Å². The van der Waals surface area contributed by atoms with Crippen LogP contribution in [0.4, 0.5) is 0 Å². The molecule has 3 rings (SSSR count). The molecule has 5 heteroatoms. The van der Waals surface area contributed by atoms with Crippen LogP contribution in [0.3, 0.4) is 0 Å². The lowest BCUT2D eigenvalue weighted by atomic mass is 10.1. The van der Waals surface area contributed by atoms with E-state index in [1.807, 2.05) is 16.8 Å². The molecule has 0 radical (unpaired) electrons. The Balaban J connectivity index is 1.87. The predicted molar refractivity (Wildman–Crippen MR) is 57.8 cm³/mol. The van der Waals surface area contributed by atoms with E-state index >= 15 is 0 Å². The largest absolute Gasteiger partial charge is 0.339 e. The molecule has 1 aliphatic rings. The maximum absolute atomic E-state index is 5.28. The molecule has 0 aromatic carbocycles. The molecule has 1 atom stereocenters. The molecule has 1 N–H and O–H groups in total. The second-order valence-electron chi connectivity index (χ2n) is 3.66. The molecule has 0 amide bonds. The number of aromatic nitrogens is 2. The topological polar surface area (TPSA) is 51.0 Å². The molecule has 0 unspecified atom stereocenters. The molecular formula is C10H11N3OS. The molecule has 1 aliphatic heterocycles. The molecule has 0 aliphatic carbocycles. The third-order valence-electron chi connectivity index (χ3n) is 2.63. The standard InChI is InChI=1S/C10H11N3OS/c1-3-11-5-7(1)10-12-9(13-14-10)8-2-4-15-6-8/h2,4,6-7,11H,1,3,5H2/t7-/m1/s1. The summed E-state index contributed by atoms with van der Waals surface area (Å²) in [6.45, 7) is 1.99. The maximum Gasteiger partial charge on any atom is 0.231 e. The highest BCUT2D eigenvalue weighted by Crippen LogP contribution is 2.24. The number of thiophene rings is 1. The lowest BCUT2D eigenvalue weighted by Gasteiger charge is -1.98. The third kappa shape index (κ3) is 1.68. The van der Waals surface area contributed by atoms with Gasteiger partial charge in [0, 0.05) is 17.5 Å². The molecule has 0 bridgehead atoms. The number of rotatable bonds is 2. The van der Waals surface area contributed by atoms with Crippen molar-refractivity contribution in [2.75, 3.05) is 13.1 Å². The summed E-state index contributed by atoms with van der Waals surface area (Å²) in [4.78, 5) is 4.42. The van der Waals surface area contributed by atoms with Crippen LogP contribution in [0, 0.1) is 0 Å². The van der Waals surface area contributed by atoms with Crippen molar-refractivity contribution in [2.45, 2.75) is 12.3 Å². The van der Waals surface area contributed by atoms with Gasteiger partial charge in [-0.1, -0.05) is 5.16 Å². The van der Waals surface area contributed by atoms with E-state index in [1.54, 1.807) is 11.3 Å². The van der Waals surface area contributed by atoms with Crippen molar-refractivity contribution >= 4 is 11.3 Å². The molecule has 2 aromatic heterocycles. The van der Waals surface area contributed by atoms with Crippen molar-refractivity contribution in [3.8, 4) is 11.4 Å². The predicted octanol–water partition coefficient (Wildman–Crippen LogP) is 1.87. The zero-order chi connectivity index (χ0) is 10.1. The highest BCUT2D eigenvalue weighted by atomic mass is 32.1. The minimum absolute atomic E-state index is 0.393. The van der Waals surface area contributed by atoms with Gasteiger partial charge in [0.2, 0.25) is 11.7 Å². The number of hydrogen-bond acceptors (Lipinski definition) is 5. The van der Waals surface area contributed by atoms with Gasteiger partial charge in [0.1, 0.15) is 0 Å². The van der Waals surface area contributed by atoms with E-state index in [0.717, 1.165) is 31.0 Å². The van der Waals surface area contributed by atoms with Gasteiger partial charge >= 0.3 is 0 Å². The van der Waals surface area contributed by atoms with E-state index in [0.29, 0.717) is 11.7 Å². The summed E-state index contributed by atoms with van der Waals surface area (Å²) in [6, 6.07) is 2.01. The minimum atomic E-state index is 0.393. The summed E-state index contributed by atoms with van der Waals surface area (Å²) in [5, 5.41) is 11.3. The SMILES string of the molecule is c1cc(-c2noc([C@@H]3CCNC3)n2)cs1. The summed E-state index contributed by atoms with van der Waals surface area (Å²) in [5.41, 5.74) is 1.04. The Morgan fingerprint density at radius 1 is 1.53 bits per heavy atom. The van der Waals surface area contributed by atoms with Crippen molar-refractivity contribution in [3.05, 3.63) is 22.7 Å². The summed E-state index contributed by atoms with van der Waals surface area (Å²) in [7, 11) is 0. The Morgan fingerprint density at radius 3 is 3.27 bits per heavy atom. The average molecular weight is 221 g/mol. The van der Waals surface area contributed by atoms with Crippen LogP contribution in [0.5, 0.6) is 0 Å². The van der Waals surface area contributed by atoms with Crippen LogP contribution in [0.1, 0.15) is 18.2 Å². The quantitative estimate of drug-likeness (QED) is 0.841. The Morgan fingerprint density at radius 2 is 2.53 bits per heavy atom. The van der Waals surface area contributed by atoms with Crippen LogP contribution in [0.2, 0.25) is 0 Å². The van der Waals surface area contributed by atoms with Crippen molar-refractivity contribution in [3.63, 3.8) is 0 Å². The van der Waals surface area contributed by atoms with Crippen LogP contribution >= 0.6 is 11.3 Å². The van der Waals surface area contributed by atoms with Crippen LogP contribution in [0.15, 0.2) is 21.3 Å². The first kappa shape index (κ1) is 9.06. The minimum Gasteiger partial charge on any atom is -0.339 e. The Hall–Kier alpha value is -1.20. The monoisotopic (exact) mass is 221 g/mol. The average Bonchev–Trinajstić information content (AvgIpc) is 3.02. The first-order valence-electron chi connectivity index (χ1n) is 5.00. The molecule has 1 fully saturated rings. The van der Waals surface area contributed by atoms with E-state index in [-0.39, 0.29) is 0 Å². The zero-order valence-electron chi connectivity index (χ0n) is 8.14. The summed E-state index contributed by atoms with van der Waals surface area (Å²) in [6.07, 6.45) is 1.09. The van der Waals surface area contributed by atoms with Gasteiger partial charge < -0.3 is 9.84 Å². The molecule has 2 aromatic rings. The van der Waals surface area contributed by atoms with Gasteiger partial charge in [-0.05, 0) is 24.4 Å². The lowest BCUT2D eigenvalue weighted by molar-refractivity contribution is 0.359. The van der Waals surface area contributed by atoms with Gasteiger partial charge in [0.15, 0.2) is 0 Å². The van der Waals surface area contributed by atoms with Gasteiger partial charge in [-0.2, -0.15) is 16.3 Å². The van der Waals surface area contributed by atoms with E-state index in [9.17, 15) is 0 Å². The van der Waals surface area contributed by atoms with Gasteiger partial charge in [-0.3, -0.25) is 0 Å². The number of nitrogens with one attached hydrogen (secondary N) is 1. The highest BCUT2D eigenvalue weighted by molar-refractivity contribution is 7.08. The van der Waals surface area contributed by atoms with Crippen molar-refractivity contribution < 1.29 is 4.52 Å². The van der Waals surface area contributed by atoms with Crippen LogP contribution in [-0.2, 0) is 0 Å². The molecule has 78 valence electrons. The zero-order valence-corrected chi connectivity index (χ0v) is 8.96. The second kappa shape index (κ2) is 3.75. The molecule has 3 heterocycles. The van der Waals surface area contributed by atoms with E-state index in [1.165, 1.54) is 0 Å². The van der Waals surface area contributed by atoms with Crippen molar-refractivity contribution in [2.24, 2.45) is 0 Å². The fourth-order valence-electron chi connectivity index (χ4n) is 1.78. The molecular weight excluding hydrogens is 210 g/mol. The fraction of sp³-hybridized carbons (Fsp3) is 0.400. The van der Waals surface area contributed by atoms with Crippen LogP contribution < -0.4 is 5.32 Å². The van der Waals surface area contributed by atoms with E-state index in [2.05, 4.69) is 15.5 Å². The molecule has 0 saturated carbocycles. The number of hydrogen-bond donors (Lipinski definition) is 1. The Labute approximate surface area is 91.3 Å². The maximum atomic E-state index is 5.28. The fourth-order valence-corrected chi connectivity index (χ4v) is 2.41. The lowest BCUT2D eigenvalue weighted by Crippen LogP contribution is -2.08. The molecule has 4 nitrogen and oxygen atoms in total. The Bertz CT molecular complexity index is 431. The number of nitrogens with zero attached hydrogens (tertiary/aromatic N) is 2. The van der Waals surface area contributed by atoms with Crippen LogP contribution in [0.25, 0.3) is 11.4 Å². The van der Waals surface area contributed by atoms with Crippen LogP contribution in [-0.4, -0.2) is 23.2 Å². The van der Waals surface area contributed by atoms with Crippen molar-refractivity contribution in [1.82, 2.24) is 15.5 Å². The third-order valence-corrected chi connectivity index (χ3v) is 3.31. The molecule has 15 heavy (non-hydrogen) atoms. The first-order chi connectivity index (χ1) is 7.43.